The molecular weight excluding hydrogens is 158 g/mol. The summed E-state index contributed by atoms with van der Waals surface area (Å²) in [6.45, 7) is 7.57. The van der Waals surface area contributed by atoms with Crippen LogP contribution in [0.1, 0.15) is 20.8 Å². The maximum absolute atomic E-state index is 9.82. The molecule has 0 aliphatic rings. The first kappa shape index (κ1) is 13.9. The molecule has 4 nitrogen and oxygen atoms in total. The fraction of sp³-hybridized carbons (Fsp3) is 0.875. The number of esters is 1. The standard InChI is InChI=1S/C4H11NO.C4H8O2/c1-2-5-3-4-6;1-3-6-4(2)5/h5-6H,2-4H2,1H3;3H2,1-2H3. The third kappa shape index (κ3) is 22.8. The van der Waals surface area contributed by atoms with Crippen molar-refractivity contribution in [2.24, 2.45) is 0 Å². The van der Waals surface area contributed by atoms with Crippen LogP contribution in [0.5, 0.6) is 0 Å². The van der Waals surface area contributed by atoms with E-state index in [4.69, 9.17) is 5.11 Å². The Hall–Kier alpha value is -0.610. The molecule has 0 atom stereocenters. The molecule has 0 spiro atoms. The Morgan fingerprint density at radius 3 is 2.17 bits per heavy atom. The van der Waals surface area contributed by atoms with Crippen molar-refractivity contribution in [2.45, 2.75) is 20.8 Å². The summed E-state index contributed by atoms with van der Waals surface area (Å²) in [4.78, 5) is 9.82. The fourth-order valence-corrected chi connectivity index (χ4v) is 0.459. The molecule has 0 heterocycles. The Morgan fingerprint density at radius 1 is 1.50 bits per heavy atom. The fourth-order valence-electron chi connectivity index (χ4n) is 0.459. The van der Waals surface area contributed by atoms with Crippen LogP contribution in [0.15, 0.2) is 0 Å². The second-order valence-corrected chi connectivity index (χ2v) is 2.00. The minimum atomic E-state index is -0.211. The van der Waals surface area contributed by atoms with Gasteiger partial charge in [-0.05, 0) is 13.5 Å². The molecule has 4 heteroatoms. The summed E-state index contributed by atoms with van der Waals surface area (Å²) in [7, 11) is 0. The highest BCUT2D eigenvalue weighted by molar-refractivity contribution is 5.65. The van der Waals surface area contributed by atoms with E-state index in [-0.39, 0.29) is 12.6 Å². The number of aliphatic hydroxyl groups excluding tert-OH is 1. The SMILES string of the molecule is CCNCCO.CCOC(C)=O. The summed E-state index contributed by atoms with van der Waals surface area (Å²) in [5.74, 6) is -0.211. The molecule has 0 saturated carbocycles. The van der Waals surface area contributed by atoms with Crippen LogP contribution in [0.3, 0.4) is 0 Å². The molecule has 0 aromatic heterocycles. The van der Waals surface area contributed by atoms with E-state index in [0.717, 1.165) is 13.1 Å². The average molecular weight is 177 g/mol. The van der Waals surface area contributed by atoms with E-state index in [2.05, 4.69) is 10.1 Å². The number of hydrogen-bond donors (Lipinski definition) is 2. The molecule has 0 bridgehead atoms. The number of ether oxygens (including phenoxy) is 1. The highest BCUT2D eigenvalue weighted by Gasteiger charge is 1.81. The average Bonchev–Trinajstić information content (AvgIpc) is 2.02. The number of nitrogens with one attached hydrogen (secondary N) is 1. The van der Waals surface area contributed by atoms with Crippen LogP contribution >= 0.6 is 0 Å². The highest BCUT2D eigenvalue weighted by Crippen LogP contribution is 1.69. The van der Waals surface area contributed by atoms with Crippen molar-refractivity contribution < 1.29 is 14.6 Å². The first-order valence-electron chi connectivity index (χ1n) is 4.13. The van der Waals surface area contributed by atoms with Crippen molar-refractivity contribution in [2.75, 3.05) is 26.3 Å². The Balaban J connectivity index is 0. The summed E-state index contributed by atoms with van der Waals surface area (Å²) < 4.78 is 4.40. The van der Waals surface area contributed by atoms with Gasteiger partial charge < -0.3 is 15.2 Å². The summed E-state index contributed by atoms with van der Waals surface area (Å²) in [5.41, 5.74) is 0. The Bertz CT molecular complexity index is 92.3. The molecule has 0 unspecified atom stereocenters. The van der Waals surface area contributed by atoms with Crippen molar-refractivity contribution in [3.8, 4) is 0 Å². The van der Waals surface area contributed by atoms with Crippen LogP contribution in [-0.2, 0) is 9.53 Å². The quantitative estimate of drug-likeness (QED) is 0.474. The smallest absolute Gasteiger partial charge is 0.302 e. The number of aliphatic hydroxyl groups is 1. The molecule has 74 valence electrons. The zero-order chi connectivity index (χ0) is 9.82. The predicted molar refractivity (Wildman–Crippen MR) is 47.9 cm³/mol. The molecule has 12 heavy (non-hydrogen) atoms. The Morgan fingerprint density at radius 2 is 2.08 bits per heavy atom. The maximum atomic E-state index is 9.82. The summed E-state index contributed by atoms with van der Waals surface area (Å²) in [5, 5.41) is 11.1. The number of carbonyl (C=O) groups excluding carboxylic acids is 1. The van der Waals surface area contributed by atoms with Crippen molar-refractivity contribution >= 4 is 5.97 Å². The molecular formula is C8H19NO3. The van der Waals surface area contributed by atoms with Gasteiger partial charge >= 0.3 is 5.97 Å². The largest absolute Gasteiger partial charge is 0.466 e. The van der Waals surface area contributed by atoms with E-state index in [0.29, 0.717) is 6.61 Å². The van der Waals surface area contributed by atoms with Gasteiger partial charge in [0.2, 0.25) is 0 Å². The molecule has 0 aromatic rings. The number of carbonyl (C=O) groups is 1. The molecule has 0 aliphatic carbocycles. The lowest BCUT2D eigenvalue weighted by Gasteiger charge is -1.91. The van der Waals surface area contributed by atoms with Gasteiger partial charge in [-0.25, -0.2) is 0 Å². The molecule has 2 N–H and O–H groups in total. The van der Waals surface area contributed by atoms with Crippen molar-refractivity contribution in [1.29, 1.82) is 0 Å². The van der Waals surface area contributed by atoms with Crippen molar-refractivity contribution in [3.05, 3.63) is 0 Å². The normalized spacial score (nSPS) is 8.33. The molecule has 0 saturated heterocycles. The summed E-state index contributed by atoms with van der Waals surface area (Å²) >= 11 is 0. The number of likely N-dealkylation sites (N-methyl/N-ethyl adjacent to an activating group) is 1. The third-order valence-corrected chi connectivity index (χ3v) is 0.886. The number of hydrogen-bond acceptors (Lipinski definition) is 4. The molecule has 0 radical (unpaired) electrons. The van der Waals surface area contributed by atoms with Crippen LogP contribution < -0.4 is 5.32 Å². The van der Waals surface area contributed by atoms with Gasteiger partial charge in [0.25, 0.3) is 0 Å². The first-order chi connectivity index (χ1) is 5.68. The van der Waals surface area contributed by atoms with Gasteiger partial charge in [0.05, 0.1) is 13.2 Å². The minimum absolute atomic E-state index is 0.211. The zero-order valence-corrected chi connectivity index (χ0v) is 8.09. The topological polar surface area (TPSA) is 58.6 Å². The van der Waals surface area contributed by atoms with Crippen LogP contribution in [0, 0.1) is 0 Å². The van der Waals surface area contributed by atoms with Crippen molar-refractivity contribution in [1.82, 2.24) is 5.32 Å². The van der Waals surface area contributed by atoms with Gasteiger partial charge in [-0.3, -0.25) is 4.79 Å². The monoisotopic (exact) mass is 177 g/mol. The number of rotatable bonds is 4. The molecule has 0 amide bonds. The highest BCUT2D eigenvalue weighted by atomic mass is 16.5. The lowest BCUT2D eigenvalue weighted by Crippen LogP contribution is -2.16. The van der Waals surface area contributed by atoms with E-state index < -0.39 is 0 Å². The predicted octanol–water partition coefficient (Wildman–Crippen LogP) is 0.158. The lowest BCUT2D eigenvalue weighted by molar-refractivity contribution is -0.140. The third-order valence-electron chi connectivity index (χ3n) is 0.886. The first-order valence-corrected chi connectivity index (χ1v) is 4.13. The molecule has 0 fully saturated rings. The van der Waals surface area contributed by atoms with Crippen LogP contribution in [0.25, 0.3) is 0 Å². The van der Waals surface area contributed by atoms with Gasteiger partial charge in [-0.15, -0.1) is 0 Å². The summed E-state index contributed by atoms with van der Waals surface area (Å²) in [6, 6.07) is 0. The van der Waals surface area contributed by atoms with Gasteiger partial charge in [-0.2, -0.15) is 0 Å². The van der Waals surface area contributed by atoms with Gasteiger partial charge in [-0.1, -0.05) is 6.92 Å². The van der Waals surface area contributed by atoms with Crippen LogP contribution in [0.2, 0.25) is 0 Å². The summed E-state index contributed by atoms with van der Waals surface area (Å²) in [6.07, 6.45) is 0. The zero-order valence-electron chi connectivity index (χ0n) is 8.09. The van der Waals surface area contributed by atoms with Crippen molar-refractivity contribution in [3.63, 3.8) is 0 Å². The van der Waals surface area contributed by atoms with E-state index in [1.54, 1.807) is 6.92 Å². The minimum Gasteiger partial charge on any atom is -0.466 e. The van der Waals surface area contributed by atoms with Gasteiger partial charge in [0.1, 0.15) is 0 Å². The van der Waals surface area contributed by atoms with Crippen LogP contribution in [0.4, 0.5) is 0 Å². The molecule has 0 aromatic carbocycles. The lowest BCUT2D eigenvalue weighted by atomic mass is 10.6. The van der Waals surface area contributed by atoms with Gasteiger partial charge in [0, 0.05) is 13.5 Å². The molecule has 0 rings (SSSR count). The Labute approximate surface area is 73.9 Å². The van der Waals surface area contributed by atoms with Crippen LogP contribution in [-0.4, -0.2) is 37.4 Å². The second kappa shape index (κ2) is 13.0. The van der Waals surface area contributed by atoms with E-state index in [1.807, 2.05) is 6.92 Å². The van der Waals surface area contributed by atoms with Gasteiger partial charge in [0.15, 0.2) is 0 Å². The van der Waals surface area contributed by atoms with E-state index >= 15 is 0 Å². The Kier molecular flexibility index (Phi) is 15.1. The maximum Gasteiger partial charge on any atom is 0.302 e. The van der Waals surface area contributed by atoms with E-state index in [9.17, 15) is 4.79 Å². The van der Waals surface area contributed by atoms with E-state index in [1.165, 1.54) is 6.92 Å². The second-order valence-electron chi connectivity index (χ2n) is 2.00. The molecule has 0 aliphatic heterocycles.